The summed E-state index contributed by atoms with van der Waals surface area (Å²) in [7, 11) is 1.63. The van der Waals surface area contributed by atoms with E-state index in [1.54, 1.807) is 7.11 Å². The van der Waals surface area contributed by atoms with Gasteiger partial charge in [0.15, 0.2) is 0 Å². The summed E-state index contributed by atoms with van der Waals surface area (Å²) in [6.07, 6.45) is 0.912. The number of ether oxygens (including phenoxy) is 1. The summed E-state index contributed by atoms with van der Waals surface area (Å²) < 4.78 is 5.12. The van der Waals surface area contributed by atoms with Gasteiger partial charge < -0.3 is 4.74 Å². The van der Waals surface area contributed by atoms with Crippen LogP contribution in [0.15, 0.2) is 54.6 Å². The molecule has 0 amide bonds. The molecule has 0 aliphatic rings. The van der Waals surface area contributed by atoms with Gasteiger partial charge in [-0.15, -0.1) is 0 Å². The van der Waals surface area contributed by atoms with Crippen molar-refractivity contribution in [2.45, 2.75) is 12.5 Å². The number of nitriles is 1. The number of hydrogen-bond acceptors (Lipinski definition) is 3. The highest BCUT2D eigenvalue weighted by Crippen LogP contribution is 2.17. The molecule has 0 aliphatic heterocycles. The molecule has 2 rings (SSSR count). The number of methoxy groups -OCH3 is 1. The summed E-state index contributed by atoms with van der Waals surface area (Å²) in [5.74, 6) is 0.801. The lowest BCUT2D eigenvalue weighted by molar-refractivity contribution is 0.414. The van der Waals surface area contributed by atoms with Crippen LogP contribution in [0.3, 0.4) is 0 Å². The predicted octanol–water partition coefficient (Wildman–Crippen LogP) is 3.09. The Morgan fingerprint density at radius 3 is 2.40 bits per heavy atom. The van der Waals surface area contributed by atoms with Crippen molar-refractivity contribution < 1.29 is 4.74 Å². The van der Waals surface area contributed by atoms with Crippen LogP contribution in [0.2, 0.25) is 0 Å². The van der Waals surface area contributed by atoms with Gasteiger partial charge in [-0.3, -0.25) is 5.32 Å². The van der Waals surface area contributed by atoms with Crippen LogP contribution < -0.4 is 10.1 Å². The molecule has 2 aromatic carbocycles. The molecule has 0 bridgehead atoms. The summed E-state index contributed by atoms with van der Waals surface area (Å²) in [6.45, 7) is 0.772. The van der Waals surface area contributed by atoms with Crippen LogP contribution in [-0.4, -0.2) is 13.7 Å². The highest BCUT2D eigenvalue weighted by molar-refractivity contribution is 5.31. The molecule has 3 nitrogen and oxygen atoms in total. The fourth-order valence-corrected chi connectivity index (χ4v) is 2.04. The van der Waals surface area contributed by atoms with Gasteiger partial charge in [-0.25, -0.2) is 0 Å². The topological polar surface area (TPSA) is 45.0 Å². The van der Waals surface area contributed by atoms with Gasteiger partial charge in [-0.05, 0) is 29.7 Å². The summed E-state index contributed by atoms with van der Waals surface area (Å²) in [5.41, 5.74) is 2.23. The van der Waals surface area contributed by atoms with E-state index in [1.165, 1.54) is 5.56 Å². The normalized spacial score (nSPS) is 11.6. The van der Waals surface area contributed by atoms with Gasteiger partial charge in [0.2, 0.25) is 0 Å². The zero-order valence-electron chi connectivity index (χ0n) is 11.5. The third-order valence-electron chi connectivity index (χ3n) is 3.18. The SMILES string of the molecule is COc1ccc([C@@H](C#N)NCCc2ccccc2)cc1. The second-order valence-electron chi connectivity index (χ2n) is 4.52. The monoisotopic (exact) mass is 266 g/mol. The van der Waals surface area contributed by atoms with Gasteiger partial charge in [0, 0.05) is 6.54 Å². The predicted molar refractivity (Wildman–Crippen MR) is 79.5 cm³/mol. The van der Waals surface area contributed by atoms with E-state index in [0.29, 0.717) is 0 Å². The molecule has 0 fully saturated rings. The van der Waals surface area contributed by atoms with Crippen LogP contribution in [0.1, 0.15) is 17.2 Å². The summed E-state index contributed by atoms with van der Waals surface area (Å²) in [6, 6.07) is 19.8. The van der Waals surface area contributed by atoms with Crippen molar-refractivity contribution in [2.75, 3.05) is 13.7 Å². The molecule has 0 aliphatic carbocycles. The Hall–Kier alpha value is -2.31. The van der Waals surface area contributed by atoms with Crippen LogP contribution in [0, 0.1) is 11.3 Å². The molecule has 3 heteroatoms. The number of benzene rings is 2. The smallest absolute Gasteiger partial charge is 0.121 e. The summed E-state index contributed by atoms with van der Waals surface area (Å²) in [4.78, 5) is 0. The van der Waals surface area contributed by atoms with Crippen LogP contribution in [0.25, 0.3) is 0 Å². The summed E-state index contributed by atoms with van der Waals surface area (Å²) in [5, 5.41) is 12.5. The van der Waals surface area contributed by atoms with E-state index < -0.39 is 0 Å². The zero-order chi connectivity index (χ0) is 14.2. The molecular weight excluding hydrogens is 248 g/mol. The molecule has 1 atom stereocenters. The van der Waals surface area contributed by atoms with E-state index in [-0.39, 0.29) is 6.04 Å². The molecule has 0 saturated heterocycles. The van der Waals surface area contributed by atoms with Crippen LogP contribution in [0.5, 0.6) is 5.75 Å². The molecule has 0 heterocycles. The van der Waals surface area contributed by atoms with Gasteiger partial charge in [-0.1, -0.05) is 42.5 Å². The lowest BCUT2D eigenvalue weighted by atomic mass is 10.1. The van der Waals surface area contributed by atoms with Gasteiger partial charge in [-0.2, -0.15) is 5.26 Å². The third-order valence-corrected chi connectivity index (χ3v) is 3.18. The van der Waals surface area contributed by atoms with E-state index in [0.717, 1.165) is 24.3 Å². The Balaban J connectivity index is 1.90. The number of rotatable bonds is 6. The van der Waals surface area contributed by atoms with Crippen LogP contribution >= 0.6 is 0 Å². The molecular formula is C17H18N2O. The average Bonchev–Trinajstić information content (AvgIpc) is 2.53. The molecule has 0 radical (unpaired) electrons. The van der Waals surface area contributed by atoms with Gasteiger partial charge in [0.25, 0.3) is 0 Å². The molecule has 0 aromatic heterocycles. The van der Waals surface area contributed by atoms with Crippen LogP contribution in [-0.2, 0) is 6.42 Å². The Morgan fingerprint density at radius 1 is 1.10 bits per heavy atom. The Bertz CT molecular complexity index is 558. The molecule has 1 N–H and O–H groups in total. The van der Waals surface area contributed by atoms with Crippen molar-refractivity contribution in [2.24, 2.45) is 0 Å². The first-order valence-corrected chi connectivity index (χ1v) is 6.64. The van der Waals surface area contributed by atoms with E-state index in [2.05, 4.69) is 23.5 Å². The molecule has 0 spiro atoms. The highest BCUT2D eigenvalue weighted by atomic mass is 16.5. The minimum atomic E-state index is -0.287. The van der Waals surface area contributed by atoms with Crippen LogP contribution in [0.4, 0.5) is 0 Å². The maximum Gasteiger partial charge on any atom is 0.121 e. The van der Waals surface area contributed by atoms with Crippen molar-refractivity contribution in [3.8, 4) is 11.8 Å². The Labute approximate surface area is 119 Å². The molecule has 2 aromatic rings. The van der Waals surface area contributed by atoms with E-state index in [9.17, 15) is 5.26 Å². The van der Waals surface area contributed by atoms with Gasteiger partial charge in [0.05, 0.1) is 13.2 Å². The Kier molecular flexibility index (Phi) is 5.16. The molecule has 20 heavy (non-hydrogen) atoms. The second-order valence-corrected chi connectivity index (χ2v) is 4.52. The lowest BCUT2D eigenvalue weighted by Crippen LogP contribution is -2.22. The minimum absolute atomic E-state index is 0.287. The fourth-order valence-electron chi connectivity index (χ4n) is 2.04. The van der Waals surface area contributed by atoms with Crippen molar-refractivity contribution >= 4 is 0 Å². The first-order chi connectivity index (χ1) is 9.83. The van der Waals surface area contributed by atoms with Crippen molar-refractivity contribution in [1.82, 2.24) is 5.32 Å². The number of hydrogen-bond donors (Lipinski definition) is 1. The highest BCUT2D eigenvalue weighted by Gasteiger charge is 2.09. The third kappa shape index (κ3) is 3.84. The first-order valence-electron chi connectivity index (χ1n) is 6.64. The average molecular weight is 266 g/mol. The second kappa shape index (κ2) is 7.32. The van der Waals surface area contributed by atoms with Gasteiger partial charge >= 0.3 is 0 Å². The van der Waals surface area contributed by atoms with E-state index >= 15 is 0 Å². The number of nitrogens with zero attached hydrogens (tertiary/aromatic N) is 1. The standard InChI is InChI=1S/C17H18N2O/c1-20-16-9-7-15(8-10-16)17(13-18)19-12-11-14-5-3-2-4-6-14/h2-10,17,19H,11-12H2,1H3/t17-/m1/s1. The molecule has 102 valence electrons. The molecule has 0 saturated carbocycles. The van der Waals surface area contributed by atoms with E-state index in [4.69, 9.17) is 4.74 Å². The number of nitrogens with one attached hydrogen (secondary N) is 1. The maximum atomic E-state index is 9.26. The molecule has 0 unspecified atom stereocenters. The maximum absolute atomic E-state index is 9.26. The lowest BCUT2D eigenvalue weighted by Gasteiger charge is -2.12. The largest absolute Gasteiger partial charge is 0.497 e. The summed E-state index contributed by atoms with van der Waals surface area (Å²) >= 11 is 0. The fraction of sp³-hybridized carbons (Fsp3) is 0.235. The van der Waals surface area contributed by atoms with Gasteiger partial charge in [0.1, 0.15) is 11.8 Å². The van der Waals surface area contributed by atoms with Crippen molar-refractivity contribution in [3.63, 3.8) is 0 Å². The zero-order valence-corrected chi connectivity index (χ0v) is 11.5. The Morgan fingerprint density at radius 2 is 1.80 bits per heavy atom. The van der Waals surface area contributed by atoms with Crippen molar-refractivity contribution in [1.29, 1.82) is 5.26 Å². The first kappa shape index (κ1) is 14.1. The quantitative estimate of drug-likeness (QED) is 0.874. The van der Waals surface area contributed by atoms with Crippen molar-refractivity contribution in [3.05, 3.63) is 65.7 Å². The van der Waals surface area contributed by atoms with E-state index in [1.807, 2.05) is 42.5 Å². The minimum Gasteiger partial charge on any atom is -0.497 e.